The van der Waals surface area contributed by atoms with Crippen LogP contribution in [0.5, 0.6) is 0 Å². The Balaban J connectivity index is 2.22. The average molecular weight is 244 g/mol. The fourth-order valence-electron chi connectivity index (χ4n) is 1.29. The lowest BCUT2D eigenvalue weighted by Crippen LogP contribution is -2.46. The van der Waals surface area contributed by atoms with Crippen molar-refractivity contribution >= 4 is 12.1 Å². The molecule has 0 saturated carbocycles. The van der Waals surface area contributed by atoms with E-state index in [0.717, 1.165) is 13.1 Å². The number of ether oxygens (including phenoxy) is 2. The molecule has 6 nitrogen and oxygen atoms in total. The number of piperazine rings is 1. The van der Waals surface area contributed by atoms with Crippen LogP contribution in [0.1, 0.15) is 20.8 Å². The second-order valence-corrected chi connectivity index (χ2v) is 4.95. The summed E-state index contributed by atoms with van der Waals surface area (Å²) in [7, 11) is 0. The molecule has 0 spiro atoms. The minimum atomic E-state index is -0.582. The van der Waals surface area contributed by atoms with Crippen LogP contribution in [0.3, 0.4) is 0 Å². The highest BCUT2D eigenvalue weighted by Crippen LogP contribution is 2.14. The van der Waals surface area contributed by atoms with E-state index in [1.165, 1.54) is 0 Å². The molecule has 1 aliphatic rings. The maximum Gasteiger partial charge on any atom is 0.412 e. The van der Waals surface area contributed by atoms with Gasteiger partial charge in [0.2, 0.25) is 6.79 Å². The highest BCUT2D eigenvalue weighted by atomic mass is 16.7. The second kappa shape index (κ2) is 5.86. The zero-order chi connectivity index (χ0) is 12.9. The number of nitrogens with one attached hydrogen (secondary N) is 1. The number of nitrogens with zero attached hydrogens (tertiary/aromatic N) is 1. The largest absolute Gasteiger partial charge is 0.427 e. The van der Waals surface area contributed by atoms with E-state index in [1.807, 2.05) is 0 Å². The summed E-state index contributed by atoms with van der Waals surface area (Å²) in [4.78, 5) is 24.5. The van der Waals surface area contributed by atoms with Crippen molar-refractivity contribution in [2.45, 2.75) is 20.8 Å². The van der Waals surface area contributed by atoms with Gasteiger partial charge < -0.3 is 19.7 Å². The van der Waals surface area contributed by atoms with Gasteiger partial charge in [-0.3, -0.25) is 4.79 Å². The van der Waals surface area contributed by atoms with Gasteiger partial charge >= 0.3 is 12.1 Å². The smallest absolute Gasteiger partial charge is 0.412 e. The minimum Gasteiger partial charge on any atom is -0.427 e. The first-order valence-corrected chi connectivity index (χ1v) is 5.71. The fourth-order valence-corrected chi connectivity index (χ4v) is 1.29. The summed E-state index contributed by atoms with van der Waals surface area (Å²) in [6, 6.07) is 0. The summed E-state index contributed by atoms with van der Waals surface area (Å²) in [5.74, 6) is -0.384. The lowest BCUT2D eigenvalue weighted by atomic mass is 9.98. The van der Waals surface area contributed by atoms with E-state index in [2.05, 4.69) is 5.32 Å². The second-order valence-electron chi connectivity index (χ2n) is 4.95. The monoisotopic (exact) mass is 244 g/mol. The van der Waals surface area contributed by atoms with Crippen LogP contribution in [-0.4, -0.2) is 49.9 Å². The Kier molecular flexibility index (Phi) is 4.74. The lowest BCUT2D eigenvalue weighted by molar-refractivity contribution is -0.161. The van der Waals surface area contributed by atoms with Gasteiger partial charge in [0.1, 0.15) is 0 Å². The molecule has 1 fully saturated rings. The van der Waals surface area contributed by atoms with E-state index in [1.54, 1.807) is 25.7 Å². The summed E-state index contributed by atoms with van der Waals surface area (Å²) in [5, 5.41) is 3.13. The van der Waals surface area contributed by atoms with E-state index in [4.69, 9.17) is 9.47 Å². The van der Waals surface area contributed by atoms with Crippen molar-refractivity contribution in [2.24, 2.45) is 5.41 Å². The molecular weight excluding hydrogens is 224 g/mol. The average Bonchev–Trinajstić information content (AvgIpc) is 2.28. The maximum absolute atomic E-state index is 11.5. The first-order chi connectivity index (χ1) is 7.91. The van der Waals surface area contributed by atoms with Crippen molar-refractivity contribution in [3.8, 4) is 0 Å². The molecule has 0 aromatic carbocycles. The Morgan fingerprint density at radius 2 is 1.76 bits per heavy atom. The zero-order valence-corrected chi connectivity index (χ0v) is 10.6. The number of hydrogen-bond donors (Lipinski definition) is 1. The SMILES string of the molecule is CC(C)(C)C(=O)OCOC(=O)N1CCNCC1. The zero-order valence-electron chi connectivity index (χ0n) is 10.6. The molecule has 1 aliphatic heterocycles. The Labute approximate surface area is 101 Å². The van der Waals surface area contributed by atoms with Crippen molar-refractivity contribution in [3.63, 3.8) is 0 Å². The van der Waals surface area contributed by atoms with E-state index in [0.29, 0.717) is 13.1 Å². The Morgan fingerprint density at radius 3 is 2.29 bits per heavy atom. The van der Waals surface area contributed by atoms with Crippen LogP contribution >= 0.6 is 0 Å². The topological polar surface area (TPSA) is 67.9 Å². The third-order valence-corrected chi connectivity index (χ3v) is 2.36. The third kappa shape index (κ3) is 4.60. The maximum atomic E-state index is 11.5. The normalized spacial score (nSPS) is 16.5. The quantitative estimate of drug-likeness (QED) is 0.568. The molecule has 0 aromatic rings. The van der Waals surface area contributed by atoms with Crippen LogP contribution in [0, 0.1) is 5.41 Å². The van der Waals surface area contributed by atoms with E-state index >= 15 is 0 Å². The summed E-state index contributed by atoms with van der Waals surface area (Å²) in [6.07, 6.45) is -0.437. The van der Waals surface area contributed by atoms with Gasteiger partial charge in [-0.1, -0.05) is 0 Å². The van der Waals surface area contributed by atoms with Gasteiger partial charge in [0, 0.05) is 26.2 Å². The minimum absolute atomic E-state index is 0.321. The number of carbonyl (C=O) groups excluding carboxylic acids is 2. The molecule has 17 heavy (non-hydrogen) atoms. The Hall–Kier alpha value is -1.30. The molecule has 6 heteroatoms. The Morgan fingerprint density at radius 1 is 1.18 bits per heavy atom. The number of rotatable bonds is 2. The molecule has 1 saturated heterocycles. The van der Waals surface area contributed by atoms with Crippen LogP contribution in [0.25, 0.3) is 0 Å². The molecule has 0 bridgehead atoms. The number of esters is 1. The van der Waals surface area contributed by atoms with Gasteiger partial charge in [0.05, 0.1) is 5.41 Å². The highest BCUT2D eigenvalue weighted by Gasteiger charge is 2.24. The lowest BCUT2D eigenvalue weighted by Gasteiger charge is -2.26. The highest BCUT2D eigenvalue weighted by molar-refractivity contribution is 5.75. The molecule has 0 atom stereocenters. The summed E-state index contributed by atoms with van der Waals surface area (Å²) in [6.45, 7) is 7.67. The van der Waals surface area contributed by atoms with Crippen LogP contribution in [-0.2, 0) is 14.3 Å². The van der Waals surface area contributed by atoms with E-state index < -0.39 is 11.5 Å². The molecule has 98 valence electrons. The third-order valence-electron chi connectivity index (χ3n) is 2.36. The predicted octanol–water partition coefficient (Wildman–Crippen LogP) is 0.575. The van der Waals surface area contributed by atoms with Crippen LogP contribution in [0.2, 0.25) is 0 Å². The first-order valence-electron chi connectivity index (χ1n) is 5.71. The van der Waals surface area contributed by atoms with E-state index in [9.17, 15) is 9.59 Å². The number of carbonyl (C=O) groups is 2. The van der Waals surface area contributed by atoms with Gasteiger partial charge in [0.15, 0.2) is 0 Å². The van der Waals surface area contributed by atoms with Gasteiger partial charge in [-0.15, -0.1) is 0 Å². The van der Waals surface area contributed by atoms with Crippen molar-refractivity contribution < 1.29 is 19.1 Å². The van der Waals surface area contributed by atoms with Crippen molar-refractivity contribution in [2.75, 3.05) is 33.0 Å². The molecule has 0 aliphatic carbocycles. The molecule has 1 heterocycles. The fraction of sp³-hybridized carbons (Fsp3) is 0.818. The molecule has 1 N–H and O–H groups in total. The van der Waals surface area contributed by atoms with Crippen LogP contribution in [0.15, 0.2) is 0 Å². The summed E-state index contributed by atoms with van der Waals surface area (Å²) >= 11 is 0. The van der Waals surface area contributed by atoms with E-state index in [-0.39, 0.29) is 12.8 Å². The molecule has 0 unspecified atom stereocenters. The Bertz CT molecular complexity index is 280. The molecule has 1 amide bonds. The van der Waals surface area contributed by atoms with Crippen LogP contribution < -0.4 is 5.32 Å². The summed E-state index contributed by atoms with van der Waals surface area (Å²) in [5.41, 5.74) is -0.582. The van der Waals surface area contributed by atoms with Gasteiger partial charge in [-0.25, -0.2) is 4.79 Å². The summed E-state index contributed by atoms with van der Waals surface area (Å²) < 4.78 is 9.71. The molecule has 0 radical (unpaired) electrons. The predicted molar refractivity (Wildman–Crippen MR) is 61.3 cm³/mol. The number of amides is 1. The van der Waals surface area contributed by atoms with Crippen molar-refractivity contribution in [1.29, 1.82) is 0 Å². The number of hydrogen-bond acceptors (Lipinski definition) is 5. The van der Waals surface area contributed by atoms with Crippen molar-refractivity contribution in [1.82, 2.24) is 10.2 Å². The molecule has 0 aromatic heterocycles. The molecular formula is C11H20N2O4. The van der Waals surface area contributed by atoms with Gasteiger partial charge in [-0.05, 0) is 20.8 Å². The first kappa shape index (κ1) is 13.8. The molecule has 1 rings (SSSR count). The van der Waals surface area contributed by atoms with Crippen molar-refractivity contribution in [3.05, 3.63) is 0 Å². The standard InChI is InChI=1S/C11H20N2O4/c1-11(2,3)9(14)16-8-17-10(15)13-6-4-12-5-7-13/h12H,4-8H2,1-3H3. The van der Waals surface area contributed by atoms with Gasteiger partial charge in [-0.2, -0.15) is 0 Å². The van der Waals surface area contributed by atoms with Crippen LogP contribution in [0.4, 0.5) is 4.79 Å². The van der Waals surface area contributed by atoms with Gasteiger partial charge in [0.25, 0.3) is 0 Å².